The molecular weight excluding hydrogens is 317 g/mol. The highest BCUT2D eigenvalue weighted by Gasteiger charge is 2.38. The van der Waals surface area contributed by atoms with E-state index in [2.05, 4.69) is 4.98 Å². The summed E-state index contributed by atoms with van der Waals surface area (Å²) in [6.07, 6.45) is -1.77. The Hall–Kier alpha value is -1.67. The number of fused-ring (bicyclic) bond motifs is 1. The fourth-order valence-electron chi connectivity index (χ4n) is 2.16. The molecule has 1 aromatic carbocycles. The lowest BCUT2D eigenvalue weighted by Gasteiger charge is -2.27. The van der Waals surface area contributed by atoms with Crippen LogP contribution in [0.3, 0.4) is 0 Å². The molecule has 0 unspecified atom stereocenters. The predicted octanol–water partition coefficient (Wildman–Crippen LogP) is 3.20. The number of hydrogen-bond donors (Lipinski definition) is 0. The molecule has 0 saturated heterocycles. The van der Waals surface area contributed by atoms with Crippen LogP contribution in [0.15, 0.2) is 41.6 Å². The molecule has 4 nitrogen and oxygen atoms in total. The average Bonchev–Trinajstić information content (AvgIpc) is 2.43. The molecule has 0 radical (unpaired) electrons. The summed E-state index contributed by atoms with van der Waals surface area (Å²) in [5.74, 6) is 0. The third kappa shape index (κ3) is 3.38. The van der Waals surface area contributed by atoms with Crippen molar-refractivity contribution in [3.8, 4) is 0 Å². The number of sulfonamides is 1. The van der Waals surface area contributed by atoms with Gasteiger partial charge in [0.2, 0.25) is 10.0 Å². The minimum atomic E-state index is -4.61. The fraction of sp³-hybridized carbons (Fsp3) is 0.357. The highest BCUT2D eigenvalue weighted by atomic mass is 32.2. The van der Waals surface area contributed by atoms with Crippen LogP contribution in [0.4, 0.5) is 13.2 Å². The van der Waals surface area contributed by atoms with E-state index in [4.69, 9.17) is 0 Å². The normalized spacial score (nSPS) is 13.2. The zero-order valence-electron chi connectivity index (χ0n) is 12.0. The molecule has 0 amide bonds. The number of rotatable bonds is 4. The van der Waals surface area contributed by atoms with E-state index < -0.39 is 28.8 Å². The van der Waals surface area contributed by atoms with Crippen molar-refractivity contribution in [1.29, 1.82) is 0 Å². The van der Waals surface area contributed by atoms with Crippen molar-refractivity contribution in [1.82, 2.24) is 9.29 Å². The highest BCUT2D eigenvalue weighted by molar-refractivity contribution is 7.89. The number of hydrogen-bond acceptors (Lipinski definition) is 3. The Bertz CT molecular complexity index is 768. The van der Waals surface area contributed by atoms with E-state index >= 15 is 0 Å². The summed E-state index contributed by atoms with van der Waals surface area (Å²) in [5.41, 5.74) is 0. The fourth-order valence-corrected chi connectivity index (χ4v) is 3.98. The number of halogens is 3. The van der Waals surface area contributed by atoms with Gasteiger partial charge in [-0.1, -0.05) is 12.1 Å². The van der Waals surface area contributed by atoms with E-state index in [0.29, 0.717) is 15.1 Å². The molecule has 0 atom stereocenters. The van der Waals surface area contributed by atoms with Crippen molar-refractivity contribution < 1.29 is 21.6 Å². The van der Waals surface area contributed by atoms with Gasteiger partial charge in [-0.15, -0.1) is 0 Å². The Kier molecular flexibility index (Phi) is 4.44. The van der Waals surface area contributed by atoms with Gasteiger partial charge in [-0.05, 0) is 31.4 Å². The second kappa shape index (κ2) is 5.85. The molecule has 22 heavy (non-hydrogen) atoms. The molecule has 2 rings (SSSR count). The maximum atomic E-state index is 12.7. The molecule has 1 aromatic heterocycles. The zero-order chi connectivity index (χ0) is 16.5. The van der Waals surface area contributed by atoms with Gasteiger partial charge in [0.25, 0.3) is 0 Å². The van der Waals surface area contributed by atoms with Crippen LogP contribution < -0.4 is 0 Å². The highest BCUT2D eigenvalue weighted by Crippen LogP contribution is 2.28. The molecule has 2 aromatic rings. The second-order valence-electron chi connectivity index (χ2n) is 5.11. The Morgan fingerprint density at radius 2 is 1.91 bits per heavy atom. The summed E-state index contributed by atoms with van der Waals surface area (Å²) in [6, 6.07) is 5.27. The maximum absolute atomic E-state index is 12.7. The molecule has 0 N–H and O–H groups in total. The molecule has 0 bridgehead atoms. The lowest BCUT2D eigenvalue weighted by atomic mass is 10.2. The first-order chi connectivity index (χ1) is 10.1. The summed E-state index contributed by atoms with van der Waals surface area (Å²) >= 11 is 0. The third-order valence-electron chi connectivity index (χ3n) is 3.14. The van der Waals surface area contributed by atoms with Gasteiger partial charge in [0.05, 0.1) is 4.90 Å². The molecule has 0 saturated carbocycles. The van der Waals surface area contributed by atoms with Crippen molar-refractivity contribution >= 4 is 20.8 Å². The molecule has 0 aliphatic carbocycles. The van der Waals surface area contributed by atoms with Gasteiger partial charge in [0, 0.05) is 23.8 Å². The number of benzene rings is 1. The monoisotopic (exact) mass is 332 g/mol. The van der Waals surface area contributed by atoms with Gasteiger partial charge >= 0.3 is 6.18 Å². The molecule has 1 heterocycles. The van der Waals surface area contributed by atoms with Crippen LogP contribution in [0.25, 0.3) is 10.8 Å². The first kappa shape index (κ1) is 16.7. The number of alkyl halides is 3. The zero-order valence-corrected chi connectivity index (χ0v) is 12.8. The second-order valence-corrected chi connectivity index (χ2v) is 6.97. The van der Waals surface area contributed by atoms with Crippen LogP contribution in [0.5, 0.6) is 0 Å². The van der Waals surface area contributed by atoms with Crippen LogP contribution in [0.2, 0.25) is 0 Å². The van der Waals surface area contributed by atoms with E-state index in [0.717, 1.165) is 0 Å². The standard InChI is InChI=1S/C14H15F3N2O2S/c1-10(2)19(9-14(15,16)17)22(20,21)13-5-3-4-11-6-7-18-8-12(11)13/h3-8,10H,9H2,1-2H3. The summed E-state index contributed by atoms with van der Waals surface area (Å²) in [5, 5.41) is 0.907. The molecule has 120 valence electrons. The van der Waals surface area contributed by atoms with Crippen LogP contribution >= 0.6 is 0 Å². The van der Waals surface area contributed by atoms with Gasteiger partial charge in [0.1, 0.15) is 6.54 Å². The molecule has 0 spiro atoms. The van der Waals surface area contributed by atoms with Crippen molar-refractivity contribution in [2.45, 2.75) is 31.0 Å². The Balaban J connectivity index is 2.60. The SMILES string of the molecule is CC(C)N(CC(F)(F)F)S(=O)(=O)c1cccc2ccncc12. The Morgan fingerprint density at radius 3 is 2.50 bits per heavy atom. The van der Waals surface area contributed by atoms with Gasteiger partial charge < -0.3 is 0 Å². The van der Waals surface area contributed by atoms with Gasteiger partial charge in [0.15, 0.2) is 0 Å². The topological polar surface area (TPSA) is 50.3 Å². The van der Waals surface area contributed by atoms with E-state index in [9.17, 15) is 21.6 Å². The summed E-state index contributed by atoms with van der Waals surface area (Å²) < 4.78 is 63.9. The lowest BCUT2D eigenvalue weighted by Crippen LogP contribution is -2.43. The van der Waals surface area contributed by atoms with Crippen molar-refractivity contribution in [2.75, 3.05) is 6.54 Å². The molecule has 0 aliphatic rings. The predicted molar refractivity (Wildman–Crippen MR) is 76.8 cm³/mol. The van der Waals surface area contributed by atoms with Gasteiger partial charge in [-0.3, -0.25) is 4.98 Å². The quantitative estimate of drug-likeness (QED) is 0.864. The summed E-state index contributed by atoms with van der Waals surface area (Å²) in [6.45, 7) is 1.29. The van der Waals surface area contributed by atoms with Crippen molar-refractivity contribution in [3.05, 3.63) is 36.7 Å². The third-order valence-corrected chi connectivity index (χ3v) is 5.22. The summed E-state index contributed by atoms with van der Waals surface area (Å²) in [7, 11) is -4.29. The first-order valence-corrected chi connectivity index (χ1v) is 7.98. The van der Waals surface area contributed by atoms with Gasteiger partial charge in [-0.2, -0.15) is 17.5 Å². The van der Waals surface area contributed by atoms with Gasteiger partial charge in [-0.25, -0.2) is 8.42 Å². The number of aromatic nitrogens is 1. The minimum absolute atomic E-state index is 0.170. The first-order valence-electron chi connectivity index (χ1n) is 6.54. The Morgan fingerprint density at radius 1 is 1.23 bits per heavy atom. The lowest BCUT2D eigenvalue weighted by molar-refractivity contribution is -0.138. The number of pyridine rings is 1. The minimum Gasteiger partial charge on any atom is -0.264 e. The van der Waals surface area contributed by atoms with E-state index in [-0.39, 0.29) is 4.90 Å². The van der Waals surface area contributed by atoms with E-state index in [1.807, 2.05) is 0 Å². The average molecular weight is 332 g/mol. The van der Waals surface area contributed by atoms with Crippen LogP contribution in [-0.2, 0) is 10.0 Å². The van der Waals surface area contributed by atoms with E-state index in [1.165, 1.54) is 38.4 Å². The number of nitrogens with zero attached hydrogens (tertiary/aromatic N) is 2. The molecular formula is C14H15F3N2O2S. The van der Waals surface area contributed by atoms with Crippen LogP contribution in [0.1, 0.15) is 13.8 Å². The maximum Gasteiger partial charge on any atom is 0.402 e. The van der Waals surface area contributed by atoms with Crippen LogP contribution in [-0.4, -0.2) is 36.5 Å². The van der Waals surface area contributed by atoms with Crippen molar-refractivity contribution in [3.63, 3.8) is 0 Å². The summed E-state index contributed by atoms with van der Waals surface area (Å²) in [4.78, 5) is 3.69. The van der Waals surface area contributed by atoms with Crippen LogP contribution in [0, 0.1) is 0 Å². The molecule has 0 aliphatic heterocycles. The van der Waals surface area contributed by atoms with E-state index in [1.54, 1.807) is 12.1 Å². The van der Waals surface area contributed by atoms with Crippen molar-refractivity contribution in [2.24, 2.45) is 0 Å². The Labute approximate surface area is 126 Å². The molecule has 0 fully saturated rings. The molecule has 8 heteroatoms. The smallest absolute Gasteiger partial charge is 0.264 e. The largest absolute Gasteiger partial charge is 0.402 e.